The highest BCUT2D eigenvalue weighted by atomic mass is 32.2. The zero-order valence-electron chi connectivity index (χ0n) is 16.7. The van der Waals surface area contributed by atoms with Gasteiger partial charge in [0, 0.05) is 50.2 Å². The first-order chi connectivity index (χ1) is 13.4. The summed E-state index contributed by atoms with van der Waals surface area (Å²) in [6, 6.07) is 4.23. The summed E-state index contributed by atoms with van der Waals surface area (Å²) in [5.74, 6) is -0.0593. The molecule has 0 bridgehead atoms. The molecule has 2 aliphatic heterocycles. The first-order valence-corrected chi connectivity index (χ1v) is 12.8. The molecule has 1 atom stereocenters. The smallest absolute Gasteiger partial charge is 0.252 e. The van der Waals surface area contributed by atoms with E-state index in [0.29, 0.717) is 23.3 Å². The minimum absolute atomic E-state index is 0.147. The molecule has 3 aliphatic rings. The number of piperidine rings is 1. The lowest BCUT2D eigenvalue weighted by molar-refractivity contribution is -0.138. The molecule has 0 spiro atoms. The van der Waals surface area contributed by atoms with Crippen molar-refractivity contribution < 1.29 is 13.2 Å². The van der Waals surface area contributed by atoms with E-state index in [9.17, 15) is 13.2 Å². The number of aryl methyl sites for hydroxylation is 1. The monoisotopic (exact) mass is 425 g/mol. The summed E-state index contributed by atoms with van der Waals surface area (Å²) in [6.07, 6.45) is 6.80. The molecule has 8 heteroatoms. The van der Waals surface area contributed by atoms with Gasteiger partial charge in [-0.2, -0.15) is 4.31 Å². The third kappa shape index (κ3) is 4.15. The van der Waals surface area contributed by atoms with Crippen LogP contribution in [0.4, 0.5) is 0 Å². The number of rotatable bonds is 4. The van der Waals surface area contributed by atoms with E-state index in [1.54, 1.807) is 6.07 Å². The Kier molecular flexibility index (Phi) is 6.11. The van der Waals surface area contributed by atoms with Crippen molar-refractivity contribution in [2.24, 2.45) is 5.92 Å². The van der Waals surface area contributed by atoms with Crippen LogP contribution in [0.5, 0.6) is 0 Å². The molecule has 3 fully saturated rings. The molecule has 3 heterocycles. The first-order valence-electron chi connectivity index (χ1n) is 10.5. The molecule has 0 N–H and O–H groups in total. The molecule has 1 saturated carbocycles. The lowest BCUT2D eigenvalue weighted by atomic mass is 9.97. The molecule has 1 aromatic rings. The van der Waals surface area contributed by atoms with E-state index in [4.69, 9.17) is 0 Å². The van der Waals surface area contributed by atoms with Gasteiger partial charge in [0.25, 0.3) is 10.0 Å². The van der Waals surface area contributed by atoms with Crippen molar-refractivity contribution in [1.82, 2.24) is 14.1 Å². The van der Waals surface area contributed by atoms with Crippen molar-refractivity contribution in [2.75, 3.05) is 39.3 Å². The van der Waals surface area contributed by atoms with E-state index in [-0.39, 0.29) is 11.8 Å². The molecule has 1 amide bonds. The van der Waals surface area contributed by atoms with Crippen LogP contribution in [0.3, 0.4) is 0 Å². The van der Waals surface area contributed by atoms with Gasteiger partial charge in [-0.1, -0.05) is 12.8 Å². The SMILES string of the molecule is Cc1ccc(S(=O)(=O)N2CCCC(C(=O)N3CCN(C4CCCC4)CC3)C2)s1. The molecule has 28 heavy (non-hydrogen) atoms. The molecule has 156 valence electrons. The predicted octanol–water partition coefficient (Wildman–Crippen LogP) is 2.54. The Balaban J connectivity index is 1.36. The number of carbonyl (C=O) groups is 1. The van der Waals surface area contributed by atoms with Crippen molar-refractivity contribution >= 4 is 27.3 Å². The number of piperazine rings is 1. The number of carbonyl (C=O) groups excluding carboxylic acids is 1. The van der Waals surface area contributed by atoms with Gasteiger partial charge in [0.1, 0.15) is 4.21 Å². The summed E-state index contributed by atoms with van der Waals surface area (Å²) in [4.78, 5) is 18.6. The van der Waals surface area contributed by atoms with Crippen molar-refractivity contribution in [1.29, 1.82) is 0 Å². The van der Waals surface area contributed by atoms with Crippen LogP contribution in [0.2, 0.25) is 0 Å². The summed E-state index contributed by atoms with van der Waals surface area (Å²) in [5.41, 5.74) is 0. The minimum Gasteiger partial charge on any atom is -0.340 e. The van der Waals surface area contributed by atoms with Crippen LogP contribution < -0.4 is 0 Å². The fraction of sp³-hybridized carbons (Fsp3) is 0.750. The Labute approximate surface area is 172 Å². The van der Waals surface area contributed by atoms with E-state index >= 15 is 0 Å². The number of sulfonamides is 1. The van der Waals surface area contributed by atoms with E-state index in [1.165, 1.54) is 41.3 Å². The highest BCUT2D eigenvalue weighted by Crippen LogP contribution is 2.29. The standard InChI is InChI=1S/C20H31N3O3S2/c1-16-8-9-19(27-16)28(25,26)23-10-4-5-17(15-23)20(24)22-13-11-21(12-14-22)18-6-2-3-7-18/h8-9,17-18H,2-7,10-15H2,1H3. The lowest BCUT2D eigenvalue weighted by Crippen LogP contribution is -2.54. The first kappa shape index (κ1) is 20.3. The molecule has 6 nitrogen and oxygen atoms in total. The normalized spacial score (nSPS) is 26.0. The van der Waals surface area contributed by atoms with Crippen LogP contribution >= 0.6 is 11.3 Å². The molecule has 4 rings (SSSR count). The van der Waals surface area contributed by atoms with Gasteiger partial charge in [-0.05, 0) is 44.7 Å². The number of nitrogens with zero attached hydrogens (tertiary/aromatic N) is 3. The Morgan fingerprint density at radius 2 is 1.71 bits per heavy atom. The summed E-state index contributed by atoms with van der Waals surface area (Å²) in [7, 11) is -3.49. The van der Waals surface area contributed by atoms with Crippen LogP contribution in [0.1, 0.15) is 43.4 Å². The molecular weight excluding hydrogens is 394 g/mol. The van der Waals surface area contributed by atoms with E-state index in [0.717, 1.165) is 43.9 Å². The van der Waals surface area contributed by atoms with Crippen LogP contribution in [0.15, 0.2) is 16.3 Å². The molecule has 0 aromatic carbocycles. The van der Waals surface area contributed by atoms with Gasteiger partial charge in [0.2, 0.25) is 5.91 Å². The van der Waals surface area contributed by atoms with E-state index < -0.39 is 10.0 Å². The molecule has 1 unspecified atom stereocenters. The average Bonchev–Trinajstić information content (AvgIpc) is 3.40. The fourth-order valence-corrected chi connectivity index (χ4v) is 7.84. The predicted molar refractivity (Wildman–Crippen MR) is 111 cm³/mol. The van der Waals surface area contributed by atoms with Crippen molar-refractivity contribution in [3.63, 3.8) is 0 Å². The number of hydrogen-bond donors (Lipinski definition) is 0. The summed E-state index contributed by atoms with van der Waals surface area (Å²) in [5, 5.41) is 0. The Morgan fingerprint density at radius 1 is 1.00 bits per heavy atom. The van der Waals surface area contributed by atoms with Crippen molar-refractivity contribution in [3.05, 3.63) is 17.0 Å². The van der Waals surface area contributed by atoms with Gasteiger partial charge >= 0.3 is 0 Å². The zero-order valence-corrected chi connectivity index (χ0v) is 18.3. The Bertz CT molecular complexity index is 793. The number of amides is 1. The lowest BCUT2D eigenvalue weighted by Gasteiger charge is -2.40. The largest absolute Gasteiger partial charge is 0.340 e. The van der Waals surface area contributed by atoms with E-state index in [1.807, 2.05) is 17.9 Å². The number of hydrogen-bond acceptors (Lipinski definition) is 5. The third-order valence-electron chi connectivity index (χ3n) is 6.51. The number of thiophene rings is 1. The van der Waals surface area contributed by atoms with Gasteiger partial charge in [0.05, 0.1) is 5.92 Å². The summed E-state index contributed by atoms with van der Waals surface area (Å²) in [6.45, 7) is 6.22. The molecule has 0 radical (unpaired) electrons. The van der Waals surface area contributed by atoms with Crippen molar-refractivity contribution in [3.8, 4) is 0 Å². The highest BCUT2D eigenvalue weighted by molar-refractivity contribution is 7.91. The average molecular weight is 426 g/mol. The van der Waals surface area contributed by atoms with Gasteiger partial charge in [-0.15, -0.1) is 11.3 Å². The molecule has 2 saturated heterocycles. The van der Waals surface area contributed by atoms with Crippen LogP contribution in [-0.2, 0) is 14.8 Å². The highest BCUT2D eigenvalue weighted by Gasteiger charge is 2.37. The second-order valence-electron chi connectivity index (χ2n) is 8.37. The zero-order chi connectivity index (χ0) is 19.7. The van der Waals surface area contributed by atoms with Gasteiger partial charge < -0.3 is 4.90 Å². The molecule has 1 aliphatic carbocycles. The van der Waals surface area contributed by atoms with Gasteiger partial charge in [-0.25, -0.2) is 8.42 Å². The summed E-state index contributed by atoms with van der Waals surface area (Å²) >= 11 is 1.31. The second-order valence-corrected chi connectivity index (χ2v) is 11.8. The topological polar surface area (TPSA) is 60.9 Å². The molecule has 1 aromatic heterocycles. The second kappa shape index (κ2) is 8.42. The molecular formula is C20H31N3O3S2. The maximum atomic E-state index is 13.1. The summed E-state index contributed by atoms with van der Waals surface area (Å²) < 4.78 is 27.8. The minimum atomic E-state index is -3.49. The Morgan fingerprint density at radius 3 is 2.36 bits per heavy atom. The van der Waals surface area contributed by atoms with E-state index in [2.05, 4.69) is 4.90 Å². The van der Waals surface area contributed by atoms with Gasteiger partial charge in [-0.3, -0.25) is 9.69 Å². The third-order valence-corrected chi connectivity index (χ3v) is 9.84. The Hall–Kier alpha value is -0.960. The van der Waals surface area contributed by atoms with Crippen molar-refractivity contribution in [2.45, 2.75) is 55.7 Å². The maximum Gasteiger partial charge on any atom is 0.252 e. The fourth-order valence-electron chi connectivity index (χ4n) is 4.88. The van der Waals surface area contributed by atoms with Gasteiger partial charge in [0.15, 0.2) is 0 Å². The maximum absolute atomic E-state index is 13.1. The quantitative estimate of drug-likeness (QED) is 0.744. The van der Waals surface area contributed by atoms with Crippen LogP contribution in [0, 0.1) is 12.8 Å². The van der Waals surface area contributed by atoms with Crippen LogP contribution in [0.25, 0.3) is 0 Å². The van der Waals surface area contributed by atoms with Crippen LogP contribution in [-0.4, -0.2) is 73.7 Å².